The smallest absolute Gasteiger partial charge is 0.103 e. The Hall–Kier alpha value is -4.36. The molecule has 1 aliphatic rings. The van der Waals surface area contributed by atoms with E-state index < -0.39 is 0 Å². The van der Waals surface area contributed by atoms with Crippen molar-refractivity contribution in [2.24, 2.45) is 0 Å². The molecular formula is C31H26N4. The normalized spacial score (nSPS) is 13.7. The molecule has 0 atom stereocenters. The van der Waals surface area contributed by atoms with Crippen LogP contribution in [0.25, 0.3) is 33.2 Å². The number of H-pyrrole nitrogens is 1. The number of nitrogens with zero attached hydrogens (tertiary/aromatic N) is 3. The number of pyridine rings is 1. The Bertz CT molecular complexity index is 1520. The number of benzene rings is 3. The first-order valence-corrected chi connectivity index (χ1v) is 12.2. The zero-order valence-corrected chi connectivity index (χ0v) is 19.5. The Morgan fingerprint density at radius 3 is 2.40 bits per heavy atom. The molecule has 1 N–H and O–H groups in total. The van der Waals surface area contributed by atoms with Crippen molar-refractivity contribution in [2.75, 3.05) is 4.90 Å². The standard InChI is InChI=1S/C31H26N4/c32-19-24-20-33-21-29(28-13-7-6-12-27(28)22-8-2-1-3-9-22)31(24)35(25-10-4-5-11-25)26-14-15-30-23(18-26)16-17-34-30/h1-3,6-9,12-18,20-21,25,34H,4-5,10-11H2. The van der Waals surface area contributed by atoms with Gasteiger partial charge in [0, 0.05) is 46.8 Å². The number of hydrogen-bond acceptors (Lipinski definition) is 3. The number of nitrogens with one attached hydrogen (secondary N) is 1. The van der Waals surface area contributed by atoms with Crippen molar-refractivity contribution in [3.05, 3.63) is 103 Å². The van der Waals surface area contributed by atoms with E-state index in [0.29, 0.717) is 11.6 Å². The zero-order chi connectivity index (χ0) is 23.6. The number of anilines is 2. The topological polar surface area (TPSA) is 55.7 Å². The average Bonchev–Trinajstić information content (AvgIpc) is 3.62. The molecule has 2 aromatic heterocycles. The first kappa shape index (κ1) is 21.2. The summed E-state index contributed by atoms with van der Waals surface area (Å²) in [5.74, 6) is 0. The highest BCUT2D eigenvalue weighted by molar-refractivity contribution is 5.94. The zero-order valence-electron chi connectivity index (χ0n) is 19.5. The van der Waals surface area contributed by atoms with Crippen LogP contribution in [-0.2, 0) is 0 Å². The molecule has 170 valence electrons. The molecule has 1 saturated carbocycles. The van der Waals surface area contributed by atoms with Crippen LogP contribution in [-0.4, -0.2) is 16.0 Å². The molecule has 1 fully saturated rings. The second-order valence-corrected chi connectivity index (χ2v) is 9.16. The molecule has 2 heterocycles. The van der Waals surface area contributed by atoms with Crippen molar-refractivity contribution < 1.29 is 0 Å². The minimum absolute atomic E-state index is 0.337. The fourth-order valence-corrected chi connectivity index (χ4v) is 5.46. The van der Waals surface area contributed by atoms with Crippen LogP contribution in [0, 0.1) is 11.3 Å². The molecule has 0 unspecified atom stereocenters. The minimum Gasteiger partial charge on any atom is -0.361 e. The average molecular weight is 455 g/mol. The van der Waals surface area contributed by atoms with Crippen molar-refractivity contribution in [1.82, 2.24) is 9.97 Å². The van der Waals surface area contributed by atoms with Crippen LogP contribution in [0.4, 0.5) is 11.4 Å². The lowest BCUT2D eigenvalue weighted by atomic mass is 9.92. The van der Waals surface area contributed by atoms with Gasteiger partial charge < -0.3 is 9.88 Å². The van der Waals surface area contributed by atoms with Crippen LogP contribution < -0.4 is 4.90 Å². The molecular weight excluding hydrogens is 428 g/mol. The van der Waals surface area contributed by atoms with Gasteiger partial charge in [-0.1, -0.05) is 67.4 Å². The van der Waals surface area contributed by atoms with Crippen LogP contribution in [0.2, 0.25) is 0 Å². The van der Waals surface area contributed by atoms with E-state index in [2.05, 4.69) is 93.7 Å². The quantitative estimate of drug-likeness (QED) is 0.294. The lowest BCUT2D eigenvalue weighted by molar-refractivity contribution is 0.677. The summed E-state index contributed by atoms with van der Waals surface area (Å²) in [6, 6.07) is 30.3. The van der Waals surface area contributed by atoms with Crippen molar-refractivity contribution in [3.63, 3.8) is 0 Å². The Labute approximate surface area is 205 Å². The van der Waals surface area contributed by atoms with Crippen molar-refractivity contribution in [1.29, 1.82) is 5.26 Å². The van der Waals surface area contributed by atoms with Crippen LogP contribution in [0.5, 0.6) is 0 Å². The van der Waals surface area contributed by atoms with Gasteiger partial charge in [-0.25, -0.2) is 0 Å². The van der Waals surface area contributed by atoms with Gasteiger partial charge in [-0.2, -0.15) is 5.26 Å². The molecule has 6 rings (SSSR count). The van der Waals surface area contributed by atoms with Gasteiger partial charge in [-0.05, 0) is 53.8 Å². The number of rotatable bonds is 5. The number of aromatic nitrogens is 2. The van der Waals surface area contributed by atoms with Crippen LogP contribution >= 0.6 is 0 Å². The number of hydrogen-bond donors (Lipinski definition) is 1. The summed E-state index contributed by atoms with van der Waals surface area (Å²) in [4.78, 5) is 10.2. The summed E-state index contributed by atoms with van der Waals surface area (Å²) < 4.78 is 0. The lowest BCUT2D eigenvalue weighted by Crippen LogP contribution is -2.29. The molecule has 35 heavy (non-hydrogen) atoms. The summed E-state index contributed by atoms with van der Waals surface area (Å²) >= 11 is 0. The van der Waals surface area contributed by atoms with Gasteiger partial charge in [0.1, 0.15) is 6.07 Å². The van der Waals surface area contributed by atoms with Gasteiger partial charge in [0.2, 0.25) is 0 Å². The number of fused-ring (bicyclic) bond motifs is 1. The van der Waals surface area contributed by atoms with Crippen molar-refractivity contribution in [3.8, 4) is 28.3 Å². The van der Waals surface area contributed by atoms with Crippen molar-refractivity contribution in [2.45, 2.75) is 31.7 Å². The predicted octanol–water partition coefficient (Wildman–Crippen LogP) is 7.85. The largest absolute Gasteiger partial charge is 0.361 e. The second kappa shape index (κ2) is 9.12. The van der Waals surface area contributed by atoms with Crippen molar-refractivity contribution >= 4 is 22.3 Å². The molecule has 4 nitrogen and oxygen atoms in total. The molecule has 5 aromatic rings. The van der Waals surface area contributed by atoms with Gasteiger partial charge in [-0.15, -0.1) is 0 Å². The number of aromatic amines is 1. The van der Waals surface area contributed by atoms with Crippen LogP contribution in [0.3, 0.4) is 0 Å². The maximum Gasteiger partial charge on any atom is 0.103 e. The molecule has 4 heteroatoms. The maximum atomic E-state index is 10.2. The van der Waals surface area contributed by atoms with E-state index in [-0.39, 0.29) is 0 Å². The monoisotopic (exact) mass is 454 g/mol. The second-order valence-electron chi connectivity index (χ2n) is 9.16. The molecule has 3 aromatic carbocycles. The first-order valence-electron chi connectivity index (χ1n) is 12.2. The van der Waals surface area contributed by atoms with Gasteiger partial charge in [0.15, 0.2) is 0 Å². The summed E-state index contributed by atoms with van der Waals surface area (Å²) in [5.41, 5.74) is 8.15. The molecule has 1 aliphatic carbocycles. The fraction of sp³-hybridized carbons (Fsp3) is 0.161. The SMILES string of the molecule is N#Cc1cncc(-c2ccccc2-c2ccccc2)c1N(c1ccc2[nH]ccc2c1)C1CCCC1. The molecule has 0 spiro atoms. The summed E-state index contributed by atoms with van der Waals surface area (Å²) in [6.07, 6.45) is 10.2. The van der Waals surface area contributed by atoms with Gasteiger partial charge >= 0.3 is 0 Å². The first-order chi connectivity index (χ1) is 17.3. The summed E-state index contributed by atoms with van der Waals surface area (Å²) in [5, 5.41) is 11.4. The third-order valence-corrected chi connectivity index (χ3v) is 7.09. The van der Waals surface area contributed by atoms with Gasteiger partial charge in [0.05, 0.1) is 11.3 Å². The van der Waals surface area contributed by atoms with E-state index in [9.17, 15) is 5.26 Å². The Morgan fingerprint density at radius 1 is 0.829 bits per heavy atom. The van der Waals surface area contributed by atoms with E-state index in [1.165, 1.54) is 18.2 Å². The molecule has 0 radical (unpaired) electrons. The van der Waals surface area contributed by atoms with Gasteiger partial charge in [-0.3, -0.25) is 4.98 Å². The lowest BCUT2D eigenvalue weighted by Gasteiger charge is -2.34. The molecule has 0 aliphatic heterocycles. The highest BCUT2D eigenvalue weighted by Crippen LogP contribution is 2.44. The minimum atomic E-state index is 0.337. The number of nitriles is 1. The predicted molar refractivity (Wildman–Crippen MR) is 143 cm³/mol. The Balaban J connectivity index is 1.61. The maximum absolute atomic E-state index is 10.2. The Kier molecular flexibility index (Phi) is 5.52. The van der Waals surface area contributed by atoms with E-state index in [4.69, 9.17) is 0 Å². The highest BCUT2D eigenvalue weighted by atomic mass is 15.2. The third-order valence-electron chi connectivity index (χ3n) is 7.09. The van der Waals surface area contributed by atoms with E-state index in [0.717, 1.165) is 52.0 Å². The van der Waals surface area contributed by atoms with Crippen LogP contribution in [0.1, 0.15) is 31.2 Å². The molecule has 0 bridgehead atoms. The third kappa shape index (κ3) is 3.86. The summed E-state index contributed by atoms with van der Waals surface area (Å²) in [7, 11) is 0. The van der Waals surface area contributed by atoms with E-state index >= 15 is 0 Å². The van der Waals surface area contributed by atoms with E-state index in [1.807, 2.05) is 18.5 Å². The molecule has 0 amide bonds. The van der Waals surface area contributed by atoms with Gasteiger partial charge in [0.25, 0.3) is 0 Å². The van der Waals surface area contributed by atoms with E-state index in [1.54, 1.807) is 6.20 Å². The highest BCUT2D eigenvalue weighted by Gasteiger charge is 2.29. The summed E-state index contributed by atoms with van der Waals surface area (Å²) in [6.45, 7) is 0. The van der Waals surface area contributed by atoms with Crippen LogP contribution in [0.15, 0.2) is 97.5 Å². The molecule has 0 saturated heterocycles. The Morgan fingerprint density at radius 2 is 1.60 bits per heavy atom. The fourth-order valence-electron chi connectivity index (χ4n) is 5.46.